The Hall–Kier alpha value is -1.36. The zero-order chi connectivity index (χ0) is 11.8. The monoisotopic (exact) mass is 215 g/mol. The van der Waals surface area contributed by atoms with Crippen LogP contribution in [0.4, 0.5) is 0 Å². The van der Waals surface area contributed by atoms with Crippen LogP contribution in [0.1, 0.15) is 6.92 Å². The van der Waals surface area contributed by atoms with Gasteiger partial charge in [-0.3, -0.25) is 0 Å². The van der Waals surface area contributed by atoms with Crippen LogP contribution in [0.5, 0.6) is 0 Å². The van der Waals surface area contributed by atoms with Crippen molar-refractivity contribution in [3.8, 4) is 0 Å². The fraction of sp³-hybridized carbons (Fsp3) is 0.600. The molecule has 15 heavy (non-hydrogen) atoms. The first-order valence-corrected chi connectivity index (χ1v) is 4.57. The van der Waals surface area contributed by atoms with E-state index in [0.29, 0.717) is 6.54 Å². The van der Waals surface area contributed by atoms with Crippen LogP contribution in [-0.4, -0.2) is 50.7 Å². The van der Waals surface area contributed by atoms with E-state index in [-0.39, 0.29) is 6.10 Å². The number of esters is 2. The summed E-state index contributed by atoms with van der Waals surface area (Å²) in [5.74, 6) is -1.12. The van der Waals surface area contributed by atoms with Gasteiger partial charge in [0, 0.05) is 18.7 Å². The van der Waals surface area contributed by atoms with E-state index < -0.39 is 11.9 Å². The molecule has 0 saturated heterocycles. The zero-order valence-corrected chi connectivity index (χ0v) is 9.52. The van der Waals surface area contributed by atoms with Crippen LogP contribution in [0.25, 0.3) is 0 Å². The molecule has 0 saturated carbocycles. The number of carbonyl (C=O) groups is 2. The van der Waals surface area contributed by atoms with Gasteiger partial charge in [-0.2, -0.15) is 0 Å². The fourth-order valence-corrected chi connectivity index (χ4v) is 0.993. The highest BCUT2D eigenvalue weighted by atomic mass is 16.5. The van der Waals surface area contributed by atoms with Crippen molar-refractivity contribution in [2.75, 3.05) is 27.7 Å². The van der Waals surface area contributed by atoms with Crippen molar-refractivity contribution < 1.29 is 19.1 Å². The van der Waals surface area contributed by atoms with Gasteiger partial charge >= 0.3 is 11.9 Å². The normalized spacial score (nSPS) is 12.9. The largest absolute Gasteiger partial charge is 0.466 e. The molecule has 0 aliphatic heterocycles. The first-order valence-electron chi connectivity index (χ1n) is 4.57. The van der Waals surface area contributed by atoms with Crippen LogP contribution >= 0.6 is 0 Å². The summed E-state index contributed by atoms with van der Waals surface area (Å²) in [5.41, 5.74) is 0. The number of hydrogen-bond donors (Lipinski definition) is 0. The van der Waals surface area contributed by atoms with Crippen molar-refractivity contribution in [3.05, 3.63) is 12.2 Å². The average molecular weight is 215 g/mol. The Morgan fingerprint density at radius 2 is 1.80 bits per heavy atom. The van der Waals surface area contributed by atoms with E-state index in [9.17, 15) is 9.59 Å². The summed E-state index contributed by atoms with van der Waals surface area (Å²) in [6.45, 7) is 2.42. The molecule has 0 spiro atoms. The Balaban J connectivity index is 3.93. The topological polar surface area (TPSA) is 55.8 Å². The Morgan fingerprint density at radius 1 is 1.27 bits per heavy atom. The molecule has 0 amide bonds. The van der Waals surface area contributed by atoms with Gasteiger partial charge in [0.05, 0.1) is 7.11 Å². The van der Waals surface area contributed by atoms with Crippen molar-refractivity contribution in [1.82, 2.24) is 4.90 Å². The number of nitrogens with zero attached hydrogens (tertiary/aromatic N) is 1. The van der Waals surface area contributed by atoms with E-state index in [4.69, 9.17) is 4.74 Å². The lowest BCUT2D eigenvalue weighted by atomic mass is 10.4. The number of methoxy groups -OCH3 is 1. The van der Waals surface area contributed by atoms with Crippen molar-refractivity contribution in [2.45, 2.75) is 13.0 Å². The molecule has 0 bridgehead atoms. The third-order valence-corrected chi connectivity index (χ3v) is 1.50. The highest BCUT2D eigenvalue weighted by Gasteiger charge is 2.07. The lowest BCUT2D eigenvalue weighted by Gasteiger charge is -2.16. The Kier molecular flexibility index (Phi) is 6.37. The molecular formula is C10H17NO4. The standard InChI is InChI=1S/C10H17NO4/c1-8(7-11(2)3)15-10(13)6-5-9(12)14-4/h5-6,8H,7H2,1-4H3/b6-5+/t8-/m1/s1. The van der Waals surface area contributed by atoms with Gasteiger partial charge in [-0.1, -0.05) is 0 Å². The van der Waals surface area contributed by atoms with Crippen molar-refractivity contribution in [2.24, 2.45) is 0 Å². The quantitative estimate of drug-likeness (QED) is 0.484. The molecule has 0 radical (unpaired) electrons. The third kappa shape index (κ3) is 7.69. The summed E-state index contributed by atoms with van der Waals surface area (Å²) in [7, 11) is 5.01. The molecule has 0 rings (SSSR count). The number of hydrogen-bond acceptors (Lipinski definition) is 5. The summed E-state index contributed by atoms with van der Waals surface area (Å²) >= 11 is 0. The lowest BCUT2D eigenvalue weighted by Crippen LogP contribution is -2.27. The van der Waals surface area contributed by atoms with Gasteiger partial charge in [0.1, 0.15) is 6.10 Å². The number of rotatable bonds is 5. The predicted molar refractivity (Wildman–Crippen MR) is 55.3 cm³/mol. The minimum Gasteiger partial charge on any atom is -0.466 e. The number of carbonyl (C=O) groups excluding carboxylic acids is 2. The van der Waals surface area contributed by atoms with E-state index in [1.807, 2.05) is 19.0 Å². The van der Waals surface area contributed by atoms with Crippen molar-refractivity contribution in [3.63, 3.8) is 0 Å². The fourth-order valence-electron chi connectivity index (χ4n) is 0.993. The Labute approximate surface area is 89.6 Å². The van der Waals surface area contributed by atoms with Crippen LogP contribution in [0.3, 0.4) is 0 Å². The summed E-state index contributed by atoms with van der Waals surface area (Å²) in [4.78, 5) is 23.7. The van der Waals surface area contributed by atoms with Gasteiger partial charge in [0.15, 0.2) is 0 Å². The van der Waals surface area contributed by atoms with Crippen LogP contribution in [0.15, 0.2) is 12.2 Å². The van der Waals surface area contributed by atoms with Crippen LogP contribution in [0, 0.1) is 0 Å². The second-order valence-electron chi connectivity index (χ2n) is 3.37. The minimum atomic E-state index is -0.577. The lowest BCUT2D eigenvalue weighted by molar-refractivity contribution is -0.143. The molecule has 0 N–H and O–H groups in total. The average Bonchev–Trinajstić information content (AvgIpc) is 2.12. The van der Waals surface area contributed by atoms with Crippen LogP contribution in [-0.2, 0) is 19.1 Å². The minimum absolute atomic E-state index is 0.213. The van der Waals surface area contributed by atoms with Gasteiger partial charge in [0.25, 0.3) is 0 Å². The summed E-state index contributed by atoms with van der Waals surface area (Å²) in [5, 5.41) is 0. The number of likely N-dealkylation sites (N-methyl/N-ethyl adjacent to an activating group) is 1. The Bertz CT molecular complexity index is 248. The van der Waals surface area contributed by atoms with Gasteiger partial charge in [0.2, 0.25) is 0 Å². The smallest absolute Gasteiger partial charge is 0.331 e. The van der Waals surface area contributed by atoms with Crippen molar-refractivity contribution in [1.29, 1.82) is 0 Å². The second-order valence-corrected chi connectivity index (χ2v) is 3.37. The van der Waals surface area contributed by atoms with E-state index in [1.54, 1.807) is 6.92 Å². The highest BCUT2D eigenvalue weighted by molar-refractivity contribution is 5.91. The summed E-state index contributed by atoms with van der Waals surface area (Å²) < 4.78 is 9.31. The van der Waals surface area contributed by atoms with Gasteiger partial charge in [-0.25, -0.2) is 9.59 Å². The molecule has 0 fully saturated rings. The SMILES string of the molecule is COC(=O)/C=C/C(=O)O[C@H](C)CN(C)C. The molecule has 0 unspecified atom stereocenters. The highest BCUT2D eigenvalue weighted by Crippen LogP contribution is 1.94. The first-order chi connectivity index (χ1) is 6.95. The molecule has 86 valence electrons. The third-order valence-electron chi connectivity index (χ3n) is 1.50. The maximum absolute atomic E-state index is 11.1. The maximum atomic E-state index is 11.1. The van der Waals surface area contributed by atoms with Gasteiger partial charge in [-0.15, -0.1) is 0 Å². The van der Waals surface area contributed by atoms with Gasteiger partial charge in [-0.05, 0) is 21.0 Å². The summed E-state index contributed by atoms with van der Waals surface area (Å²) in [6.07, 6.45) is 1.87. The number of ether oxygens (including phenoxy) is 2. The summed E-state index contributed by atoms with van der Waals surface area (Å²) in [6, 6.07) is 0. The molecule has 5 nitrogen and oxygen atoms in total. The van der Waals surface area contributed by atoms with E-state index >= 15 is 0 Å². The molecule has 1 atom stereocenters. The molecular weight excluding hydrogens is 198 g/mol. The molecule has 5 heteroatoms. The molecule has 0 aromatic carbocycles. The maximum Gasteiger partial charge on any atom is 0.331 e. The van der Waals surface area contributed by atoms with Crippen LogP contribution < -0.4 is 0 Å². The predicted octanol–water partition coefficient (Wildman–Crippen LogP) is 0.209. The molecule has 0 aliphatic rings. The molecule has 0 aromatic heterocycles. The van der Waals surface area contributed by atoms with Crippen LogP contribution in [0.2, 0.25) is 0 Å². The zero-order valence-electron chi connectivity index (χ0n) is 9.52. The van der Waals surface area contributed by atoms with E-state index in [0.717, 1.165) is 12.2 Å². The van der Waals surface area contributed by atoms with E-state index in [1.165, 1.54) is 7.11 Å². The van der Waals surface area contributed by atoms with Gasteiger partial charge < -0.3 is 14.4 Å². The molecule has 0 aromatic rings. The second kappa shape index (κ2) is 7.00. The first kappa shape index (κ1) is 13.6. The van der Waals surface area contributed by atoms with E-state index in [2.05, 4.69) is 4.74 Å². The van der Waals surface area contributed by atoms with Crippen molar-refractivity contribution >= 4 is 11.9 Å². The molecule has 0 heterocycles. The molecule has 0 aliphatic carbocycles. The Morgan fingerprint density at radius 3 is 2.27 bits per heavy atom.